The van der Waals surface area contributed by atoms with Gasteiger partial charge in [0.1, 0.15) is 11.8 Å². The molecule has 0 saturated heterocycles. The van der Waals surface area contributed by atoms with Crippen molar-refractivity contribution < 1.29 is 19.4 Å². The molecule has 0 fully saturated rings. The molecule has 104 valence electrons. The largest absolute Gasteiger partial charge is 0.484 e. The summed E-state index contributed by atoms with van der Waals surface area (Å²) in [6, 6.07) is 6.51. The van der Waals surface area contributed by atoms with Gasteiger partial charge in [-0.15, -0.1) is 0 Å². The summed E-state index contributed by atoms with van der Waals surface area (Å²) in [5.41, 5.74) is 1.10. The van der Waals surface area contributed by atoms with E-state index < -0.39 is 12.0 Å². The van der Waals surface area contributed by atoms with Crippen LogP contribution in [0.25, 0.3) is 0 Å². The minimum Gasteiger partial charge on any atom is -0.484 e. The van der Waals surface area contributed by atoms with Crippen molar-refractivity contribution >= 4 is 11.9 Å². The molecule has 0 bridgehead atoms. The van der Waals surface area contributed by atoms with Crippen molar-refractivity contribution in [2.45, 2.75) is 26.3 Å². The van der Waals surface area contributed by atoms with E-state index in [4.69, 9.17) is 9.84 Å². The summed E-state index contributed by atoms with van der Waals surface area (Å²) in [6.45, 7) is 3.52. The Balaban J connectivity index is 2.55. The molecule has 1 atom stereocenters. The summed E-state index contributed by atoms with van der Waals surface area (Å²) in [5.74, 6) is -0.765. The predicted molar refractivity (Wildman–Crippen MR) is 71.2 cm³/mol. The fraction of sp³-hybridized carbons (Fsp3) is 0.429. The number of likely N-dealkylation sites (N-methyl/N-ethyl adjacent to an activating group) is 1. The number of benzene rings is 1. The first-order valence-electron chi connectivity index (χ1n) is 6.13. The molecule has 0 aromatic heterocycles. The van der Waals surface area contributed by atoms with Crippen LogP contribution < -0.4 is 4.74 Å². The number of aliphatic carboxylic acids is 1. The second-order valence-electron chi connectivity index (χ2n) is 4.37. The van der Waals surface area contributed by atoms with E-state index in [1.54, 1.807) is 19.1 Å². The topological polar surface area (TPSA) is 66.8 Å². The molecule has 1 amide bonds. The molecule has 1 unspecified atom stereocenters. The lowest BCUT2D eigenvalue weighted by atomic mass is 10.2. The van der Waals surface area contributed by atoms with Gasteiger partial charge in [0.15, 0.2) is 6.61 Å². The highest BCUT2D eigenvalue weighted by Crippen LogP contribution is 2.12. The van der Waals surface area contributed by atoms with Crippen LogP contribution in [-0.4, -0.2) is 41.6 Å². The minimum absolute atomic E-state index is 0.163. The molecule has 1 N–H and O–H groups in total. The normalized spacial score (nSPS) is 11.7. The van der Waals surface area contributed by atoms with Gasteiger partial charge in [-0.1, -0.05) is 24.6 Å². The van der Waals surface area contributed by atoms with E-state index in [-0.39, 0.29) is 12.5 Å². The van der Waals surface area contributed by atoms with Crippen molar-refractivity contribution in [2.24, 2.45) is 0 Å². The number of hydrogen-bond acceptors (Lipinski definition) is 3. The molecule has 1 aromatic rings. The molecule has 0 heterocycles. The van der Waals surface area contributed by atoms with E-state index in [2.05, 4.69) is 0 Å². The van der Waals surface area contributed by atoms with Crippen LogP contribution in [0.15, 0.2) is 24.3 Å². The zero-order valence-corrected chi connectivity index (χ0v) is 11.4. The molecule has 0 spiro atoms. The van der Waals surface area contributed by atoms with Gasteiger partial charge in [-0.3, -0.25) is 4.79 Å². The molecule has 0 aliphatic carbocycles. The summed E-state index contributed by atoms with van der Waals surface area (Å²) in [6.07, 6.45) is 0.363. The molecule has 1 rings (SSSR count). The average Bonchev–Trinajstić information content (AvgIpc) is 2.38. The van der Waals surface area contributed by atoms with Crippen LogP contribution in [0.5, 0.6) is 5.75 Å². The van der Waals surface area contributed by atoms with Gasteiger partial charge in [-0.25, -0.2) is 4.79 Å². The monoisotopic (exact) mass is 265 g/mol. The van der Waals surface area contributed by atoms with Crippen LogP contribution >= 0.6 is 0 Å². The summed E-state index contributed by atoms with van der Waals surface area (Å²) in [7, 11) is 1.48. The molecule has 0 saturated carbocycles. The lowest BCUT2D eigenvalue weighted by Gasteiger charge is -2.23. The van der Waals surface area contributed by atoms with Crippen LogP contribution in [0.3, 0.4) is 0 Å². The lowest BCUT2D eigenvalue weighted by molar-refractivity contribution is -0.149. The van der Waals surface area contributed by atoms with Crippen molar-refractivity contribution in [3.63, 3.8) is 0 Å². The Morgan fingerprint density at radius 1 is 1.32 bits per heavy atom. The zero-order valence-electron chi connectivity index (χ0n) is 11.4. The van der Waals surface area contributed by atoms with E-state index in [0.29, 0.717) is 12.2 Å². The van der Waals surface area contributed by atoms with Crippen LogP contribution in [0.1, 0.15) is 18.9 Å². The molecule has 0 aliphatic rings. The van der Waals surface area contributed by atoms with Crippen LogP contribution in [0.4, 0.5) is 0 Å². The number of amides is 1. The van der Waals surface area contributed by atoms with E-state index in [0.717, 1.165) is 5.56 Å². The van der Waals surface area contributed by atoms with Crippen molar-refractivity contribution in [1.29, 1.82) is 0 Å². The predicted octanol–water partition coefficient (Wildman–Crippen LogP) is 1.70. The Kier molecular flexibility index (Phi) is 5.36. The number of carbonyl (C=O) groups is 2. The van der Waals surface area contributed by atoms with E-state index >= 15 is 0 Å². The summed E-state index contributed by atoms with van der Waals surface area (Å²) in [5, 5.41) is 8.97. The lowest BCUT2D eigenvalue weighted by Crippen LogP contribution is -2.44. The number of carbonyl (C=O) groups excluding carboxylic acids is 1. The van der Waals surface area contributed by atoms with Crippen molar-refractivity contribution in [1.82, 2.24) is 4.90 Å². The van der Waals surface area contributed by atoms with E-state index in [1.165, 1.54) is 11.9 Å². The molecule has 1 aromatic carbocycles. The number of aryl methyl sites for hydroxylation is 1. The minimum atomic E-state index is -1.01. The highest BCUT2D eigenvalue weighted by Gasteiger charge is 2.24. The molecule has 0 aliphatic heterocycles. The van der Waals surface area contributed by atoms with E-state index in [9.17, 15) is 9.59 Å². The highest BCUT2D eigenvalue weighted by molar-refractivity contribution is 5.84. The number of carboxylic acid groups (broad SMARTS) is 1. The second-order valence-corrected chi connectivity index (χ2v) is 4.37. The zero-order chi connectivity index (χ0) is 14.4. The number of nitrogens with zero attached hydrogens (tertiary/aromatic N) is 1. The average molecular weight is 265 g/mol. The van der Waals surface area contributed by atoms with Gasteiger partial charge in [-0.05, 0) is 25.5 Å². The van der Waals surface area contributed by atoms with Crippen molar-refractivity contribution in [3.8, 4) is 5.75 Å². The van der Waals surface area contributed by atoms with Gasteiger partial charge >= 0.3 is 5.97 Å². The maximum absolute atomic E-state index is 11.8. The summed E-state index contributed by atoms with van der Waals surface area (Å²) >= 11 is 0. The van der Waals surface area contributed by atoms with Gasteiger partial charge in [0.2, 0.25) is 0 Å². The van der Waals surface area contributed by atoms with Gasteiger partial charge in [0, 0.05) is 7.05 Å². The molecule has 5 heteroatoms. The first kappa shape index (κ1) is 15.0. The van der Waals surface area contributed by atoms with Crippen LogP contribution in [0, 0.1) is 6.92 Å². The molecular weight excluding hydrogens is 246 g/mol. The highest BCUT2D eigenvalue weighted by atomic mass is 16.5. The molecule has 19 heavy (non-hydrogen) atoms. The second kappa shape index (κ2) is 6.78. The fourth-order valence-corrected chi connectivity index (χ4v) is 1.67. The van der Waals surface area contributed by atoms with Crippen LogP contribution in [-0.2, 0) is 9.59 Å². The number of rotatable bonds is 6. The molecular formula is C14H19NO4. The fourth-order valence-electron chi connectivity index (χ4n) is 1.67. The third-order valence-electron chi connectivity index (χ3n) is 2.92. The Hall–Kier alpha value is -2.04. The number of carboxylic acids is 1. The van der Waals surface area contributed by atoms with Gasteiger partial charge in [-0.2, -0.15) is 0 Å². The smallest absolute Gasteiger partial charge is 0.326 e. The summed E-state index contributed by atoms with van der Waals surface area (Å²) in [4.78, 5) is 24.0. The Labute approximate surface area is 112 Å². The Bertz CT molecular complexity index is 441. The van der Waals surface area contributed by atoms with Gasteiger partial charge < -0.3 is 14.7 Å². The first-order chi connectivity index (χ1) is 8.95. The first-order valence-corrected chi connectivity index (χ1v) is 6.13. The maximum atomic E-state index is 11.8. The van der Waals surface area contributed by atoms with Gasteiger partial charge in [0.25, 0.3) is 5.91 Å². The molecule has 5 nitrogen and oxygen atoms in total. The summed E-state index contributed by atoms with van der Waals surface area (Å²) < 4.78 is 5.33. The standard InChI is InChI=1S/C14H19NO4/c1-4-12(14(17)18)15(3)13(16)9-19-11-7-5-10(2)6-8-11/h5-8,12H,4,9H2,1-3H3,(H,17,18). The number of ether oxygens (including phenoxy) is 1. The van der Waals surface area contributed by atoms with Gasteiger partial charge in [0.05, 0.1) is 0 Å². The Morgan fingerprint density at radius 2 is 1.89 bits per heavy atom. The van der Waals surface area contributed by atoms with Crippen molar-refractivity contribution in [2.75, 3.05) is 13.7 Å². The maximum Gasteiger partial charge on any atom is 0.326 e. The number of hydrogen-bond donors (Lipinski definition) is 1. The van der Waals surface area contributed by atoms with Crippen LogP contribution in [0.2, 0.25) is 0 Å². The van der Waals surface area contributed by atoms with E-state index in [1.807, 2.05) is 19.1 Å². The SMILES string of the molecule is CCC(C(=O)O)N(C)C(=O)COc1ccc(C)cc1. The quantitative estimate of drug-likeness (QED) is 0.850. The third kappa shape index (κ3) is 4.28. The van der Waals surface area contributed by atoms with Crippen molar-refractivity contribution in [3.05, 3.63) is 29.8 Å². The third-order valence-corrected chi connectivity index (χ3v) is 2.92. The molecule has 0 radical (unpaired) electrons. The Morgan fingerprint density at radius 3 is 2.37 bits per heavy atom.